The maximum Gasteiger partial charge on any atom is 0.244 e. The molecule has 1 atom stereocenters. The molecular formula is C19H23N3O3S. The number of rotatable bonds is 4. The number of sulfonamides is 1. The second-order valence-electron chi connectivity index (χ2n) is 6.76. The molecule has 0 bridgehead atoms. The molecule has 1 aliphatic heterocycles. The van der Waals surface area contributed by atoms with E-state index >= 15 is 0 Å². The minimum absolute atomic E-state index is 0.138. The van der Waals surface area contributed by atoms with E-state index in [9.17, 15) is 13.2 Å². The number of anilines is 1. The number of nitrogens with zero attached hydrogens (tertiary/aromatic N) is 2. The average molecular weight is 373 g/mol. The number of amides is 1. The minimum atomic E-state index is -3.62. The number of aryl methyl sites for hydroxylation is 2. The Labute approximate surface area is 154 Å². The van der Waals surface area contributed by atoms with Gasteiger partial charge < -0.3 is 5.32 Å². The van der Waals surface area contributed by atoms with E-state index in [-0.39, 0.29) is 23.3 Å². The lowest BCUT2D eigenvalue weighted by Gasteiger charge is -2.31. The number of piperidine rings is 1. The lowest BCUT2D eigenvalue weighted by molar-refractivity contribution is -0.120. The van der Waals surface area contributed by atoms with E-state index in [1.54, 1.807) is 6.07 Å². The van der Waals surface area contributed by atoms with Crippen molar-refractivity contribution in [2.45, 2.75) is 31.6 Å². The molecule has 1 saturated heterocycles. The zero-order valence-corrected chi connectivity index (χ0v) is 15.8. The normalized spacial score (nSPS) is 18.5. The molecule has 2 aromatic rings. The summed E-state index contributed by atoms with van der Waals surface area (Å²) in [5, 5.41) is 2.93. The molecular weight excluding hydrogens is 350 g/mol. The molecule has 1 amide bonds. The first-order valence-corrected chi connectivity index (χ1v) is 10.1. The summed E-state index contributed by atoms with van der Waals surface area (Å²) in [5.74, 6) is -0.503. The van der Waals surface area contributed by atoms with Gasteiger partial charge in [-0.3, -0.25) is 9.78 Å². The van der Waals surface area contributed by atoms with Crippen LogP contribution < -0.4 is 5.32 Å². The van der Waals surface area contributed by atoms with Crippen LogP contribution in [0.25, 0.3) is 0 Å². The fourth-order valence-corrected chi connectivity index (χ4v) is 4.80. The number of carbonyl (C=O) groups excluding carboxylic acids is 1. The van der Waals surface area contributed by atoms with Crippen LogP contribution in [0.4, 0.5) is 5.69 Å². The largest absolute Gasteiger partial charge is 0.326 e. The summed E-state index contributed by atoms with van der Waals surface area (Å²) in [5.41, 5.74) is 2.90. The van der Waals surface area contributed by atoms with Crippen LogP contribution in [0.15, 0.2) is 47.6 Å². The SMILES string of the molecule is Cc1cc(C)cc(NC(=O)[C@H]2CCCN(S(=O)(=O)c3cccnc3)C2)c1. The van der Waals surface area contributed by atoms with E-state index in [1.807, 2.05) is 32.0 Å². The molecule has 7 heteroatoms. The number of pyridine rings is 1. The van der Waals surface area contributed by atoms with Crippen LogP contribution in [0.2, 0.25) is 0 Å². The second kappa shape index (κ2) is 7.55. The van der Waals surface area contributed by atoms with Crippen molar-refractivity contribution >= 4 is 21.6 Å². The molecule has 1 aromatic carbocycles. The Hall–Kier alpha value is -2.25. The third kappa shape index (κ3) is 4.11. The quantitative estimate of drug-likeness (QED) is 0.894. The van der Waals surface area contributed by atoms with Gasteiger partial charge >= 0.3 is 0 Å². The molecule has 0 spiro atoms. The van der Waals surface area contributed by atoms with Crippen molar-refractivity contribution in [3.8, 4) is 0 Å². The van der Waals surface area contributed by atoms with Gasteiger partial charge in [0.25, 0.3) is 0 Å². The Morgan fingerprint density at radius 3 is 2.62 bits per heavy atom. The molecule has 2 heterocycles. The number of carbonyl (C=O) groups is 1. The topological polar surface area (TPSA) is 79.4 Å². The van der Waals surface area contributed by atoms with Crippen LogP contribution in [-0.2, 0) is 14.8 Å². The molecule has 1 aliphatic rings. The Morgan fingerprint density at radius 2 is 1.96 bits per heavy atom. The summed E-state index contributed by atoms with van der Waals surface area (Å²) in [7, 11) is -3.62. The maximum atomic E-state index is 12.8. The van der Waals surface area contributed by atoms with Gasteiger partial charge in [-0.1, -0.05) is 6.07 Å². The van der Waals surface area contributed by atoms with Crippen molar-refractivity contribution in [3.05, 3.63) is 53.9 Å². The maximum absolute atomic E-state index is 12.8. The van der Waals surface area contributed by atoms with E-state index in [0.29, 0.717) is 19.4 Å². The summed E-state index contributed by atoms with van der Waals surface area (Å²) < 4.78 is 26.9. The van der Waals surface area contributed by atoms with Crippen molar-refractivity contribution in [2.24, 2.45) is 5.92 Å². The van der Waals surface area contributed by atoms with Gasteiger partial charge in [0.05, 0.1) is 5.92 Å². The zero-order chi connectivity index (χ0) is 18.7. The highest BCUT2D eigenvalue weighted by Gasteiger charge is 2.33. The molecule has 1 N–H and O–H groups in total. The average Bonchev–Trinajstić information content (AvgIpc) is 2.61. The van der Waals surface area contributed by atoms with Gasteiger partial charge in [-0.25, -0.2) is 8.42 Å². The number of hydrogen-bond donors (Lipinski definition) is 1. The highest BCUT2D eigenvalue weighted by atomic mass is 32.2. The van der Waals surface area contributed by atoms with E-state index in [2.05, 4.69) is 10.3 Å². The number of hydrogen-bond acceptors (Lipinski definition) is 4. The van der Waals surface area contributed by atoms with Crippen LogP contribution in [0.5, 0.6) is 0 Å². The zero-order valence-electron chi connectivity index (χ0n) is 15.0. The molecule has 1 aromatic heterocycles. The molecule has 0 radical (unpaired) electrons. The van der Waals surface area contributed by atoms with Gasteiger partial charge in [0.15, 0.2) is 0 Å². The molecule has 0 saturated carbocycles. The van der Waals surface area contributed by atoms with E-state index in [1.165, 1.54) is 22.8 Å². The molecule has 1 fully saturated rings. The lowest BCUT2D eigenvalue weighted by atomic mass is 9.98. The van der Waals surface area contributed by atoms with E-state index in [0.717, 1.165) is 16.8 Å². The number of aromatic nitrogens is 1. The highest BCUT2D eigenvalue weighted by Crippen LogP contribution is 2.25. The third-order valence-electron chi connectivity index (χ3n) is 4.52. The van der Waals surface area contributed by atoms with Gasteiger partial charge in [0, 0.05) is 31.2 Å². The van der Waals surface area contributed by atoms with Crippen LogP contribution in [0.3, 0.4) is 0 Å². The van der Waals surface area contributed by atoms with Crippen molar-refractivity contribution in [1.29, 1.82) is 0 Å². The fourth-order valence-electron chi connectivity index (χ4n) is 3.31. The molecule has 26 heavy (non-hydrogen) atoms. The van der Waals surface area contributed by atoms with Crippen molar-refractivity contribution in [2.75, 3.05) is 18.4 Å². The van der Waals surface area contributed by atoms with Gasteiger partial charge in [0.2, 0.25) is 15.9 Å². The highest BCUT2D eigenvalue weighted by molar-refractivity contribution is 7.89. The summed E-state index contributed by atoms with van der Waals surface area (Å²) in [6, 6.07) is 9.00. The fraction of sp³-hybridized carbons (Fsp3) is 0.368. The van der Waals surface area contributed by atoms with Gasteiger partial charge in [-0.2, -0.15) is 4.31 Å². The first kappa shape index (κ1) is 18.5. The van der Waals surface area contributed by atoms with Gasteiger partial charge in [-0.15, -0.1) is 0 Å². The molecule has 0 aliphatic carbocycles. The van der Waals surface area contributed by atoms with Crippen molar-refractivity contribution < 1.29 is 13.2 Å². The van der Waals surface area contributed by atoms with Crippen LogP contribution in [0, 0.1) is 19.8 Å². The summed E-state index contributed by atoms with van der Waals surface area (Å²) in [6.45, 7) is 4.56. The molecule has 138 valence electrons. The Kier molecular flexibility index (Phi) is 5.38. The third-order valence-corrected chi connectivity index (χ3v) is 6.37. The molecule has 0 unspecified atom stereocenters. The van der Waals surface area contributed by atoms with Crippen molar-refractivity contribution in [1.82, 2.24) is 9.29 Å². The van der Waals surface area contributed by atoms with Crippen LogP contribution in [0.1, 0.15) is 24.0 Å². The second-order valence-corrected chi connectivity index (χ2v) is 8.69. The Balaban J connectivity index is 1.73. The Bertz CT molecular complexity index is 877. The Morgan fingerprint density at radius 1 is 1.23 bits per heavy atom. The summed E-state index contributed by atoms with van der Waals surface area (Å²) in [6.07, 6.45) is 4.21. The van der Waals surface area contributed by atoms with Gasteiger partial charge in [-0.05, 0) is 62.1 Å². The lowest BCUT2D eigenvalue weighted by Crippen LogP contribution is -2.43. The minimum Gasteiger partial charge on any atom is -0.326 e. The standard InChI is InChI=1S/C19H23N3O3S/c1-14-9-15(2)11-17(10-14)21-19(23)16-5-4-8-22(13-16)26(24,25)18-6-3-7-20-12-18/h3,6-7,9-12,16H,4-5,8,13H2,1-2H3,(H,21,23)/t16-/m0/s1. The molecule has 6 nitrogen and oxygen atoms in total. The van der Waals surface area contributed by atoms with Crippen LogP contribution in [-0.4, -0.2) is 36.7 Å². The van der Waals surface area contributed by atoms with Crippen molar-refractivity contribution in [3.63, 3.8) is 0 Å². The monoisotopic (exact) mass is 373 g/mol. The van der Waals surface area contributed by atoms with E-state index < -0.39 is 10.0 Å². The summed E-state index contributed by atoms with van der Waals surface area (Å²) >= 11 is 0. The predicted octanol–water partition coefficient (Wildman–Crippen LogP) is 2.74. The van der Waals surface area contributed by atoms with E-state index in [4.69, 9.17) is 0 Å². The number of nitrogens with one attached hydrogen (secondary N) is 1. The van der Waals surface area contributed by atoms with Gasteiger partial charge in [0.1, 0.15) is 4.90 Å². The summed E-state index contributed by atoms with van der Waals surface area (Å²) in [4.78, 5) is 16.7. The first-order chi connectivity index (χ1) is 12.4. The predicted molar refractivity (Wildman–Crippen MR) is 100 cm³/mol. The molecule has 3 rings (SSSR count). The smallest absolute Gasteiger partial charge is 0.244 e. The first-order valence-electron chi connectivity index (χ1n) is 8.65. The number of benzene rings is 1. The van der Waals surface area contributed by atoms with Crippen LogP contribution >= 0.6 is 0 Å².